The van der Waals surface area contributed by atoms with E-state index in [0.717, 1.165) is 5.56 Å². The predicted molar refractivity (Wildman–Crippen MR) is 121 cm³/mol. The molecule has 3 atom stereocenters. The number of aliphatic hydroxyl groups is 1. The first kappa shape index (κ1) is 25.3. The summed E-state index contributed by atoms with van der Waals surface area (Å²) in [5.41, 5.74) is 0.822. The van der Waals surface area contributed by atoms with E-state index in [1.165, 1.54) is 4.31 Å². The van der Waals surface area contributed by atoms with Gasteiger partial charge in [-0.2, -0.15) is 4.31 Å². The van der Waals surface area contributed by atoms with Crippen LogP contribution in [0.2, 0.25) is 0 Å². The third-order valence-corrected chi connectivity index (χ3v) is 7.40. The molecule has 1 heterocycles. The van der Waals surface area contributed by atoms with Crippen LogP contribution in [0.3, 0.4) is 0 Å². The monoisotopic (exact) mass is 453 g/mol. The lowest BCUT2D eigenvalue weighted by molar-refractivity contribution is -0.132. The molecule has 1 aromatic rings. The Bertz CT molecular complexity index is 900. The molecule has 0 saturated carbocycles. The zero-order valence-electron chi connectivity index (χ0n) is 19.3. The van der Waals surface area contributed by atoms with Gasteiger partial charge in [0.25, 0.3) is 0 Å². The van der Waals surface area contributed by atoms with Gasteiger partial charge in [0.2, 0.25) is 15.9 Å². The molecule has 1 aliphatic rings. The van der Waals surface area contributed by atoms with Crippen LogP contribution in [0.4, 0.5) is 0 Å². The maximum Gasteiger partial charge on any atom is 0.247 e. The third-order valence-electron chi connectivity index (χ3n) is 5.38. The molecule has 1 aliphatic heterocycles. The average molecular weight is 454 g/mol. The molecule has 0 aromatic heterocycles. The van der Waals surface area contributed by atoms with E-state index >= 15 is 0 Å². The van der Waals surface area contributed by atoms with Gasteiger partial charge in [0.05, 0.1) is 19.7 Å². The molecule has 0 unspecified atom stereocenters. The number of aliphatic hydroxyl groups excluding tert-OH is 1. The Hall–Kier alpha value is -1.94. The lowest BCUT2D eigenvalue weighted by atomic mass is 10.0. The van der Waals surface area contributed by atoms with Crippen molar-refractivity contribution in [3.05, 3.63) is 29.8 Å². The predicted octanol–water partition coefficient (Wildman–Crippen LogP) is 1.51. The number of nitrogens with zero attached hydrogens (tertiary/aromatic N) is 3. The smallest absolute Gasteiger partial charge is 0.247 e. The lowest BCUT2D eigenvalue weighted by Crippen LogP contribution is -2.50. The standard InChI is InChI=1S/C22H35N3O5S/c1-7-8-18-9-10-21-19(11-18)30-20(13-24(6)22(27)14-23(4)5)16(2)12-25(17(3)15-26)31(21,28)29/h7-11,16-17,20,26H,12-15H2,1-6H3/b8-7+/t16-,17-,20-/m1/s1. The maximum atomic E-state index is 13.4. The van der Waals surface area contributed by atoms with Crippen molar-refractivity contribution in [1.29, 1.82) is 0 Å². The summed E-state index contributed by atoms with van der Waals surface area (Å²) in [7, 11) is 1.52. The SMILES string of the molecule is C/C=C/c1ccc2c(c1)O[C@H](CN(C)C(=O)CN(C)C)[C@H](C)CN([C@H](C)CO)S2(=O)=O. The number of amides is 1. The molecule has 8 nitrogen and oxygen atoms in total. The zero-order valence-corrected chi connectivity index (χ0v) is 20.1. The molecule has 9 heteroatoms. The Balaban J connectivity index is 2.50. The minimum atomic E-state index is -3.87. The number of hydrogen-bond donors (Lipinski definition) is 1. The number of sulfonamides is 1. The summed E-state index contributed by atoms with van der Waals surface area (Å²) in [6.07, 6.45) is 3.32. The summed E-state index contributed by atoms with van der Waals surface area (Å²) in [5.74, 6) is 0.00612. The summed E-state index contributed by atoms with van der Waals surface area (Å²) < 4.78 is 34.4. The minimum Gasteiger partial charge on any atom is -0.487 e. The van der Waals surface area contributed by atoms with Gasteiger partial charge < -0.3 is 19.6 Å². The fourth-order valence-corrected chi connectivity index (χ4v) is 5.34. The number of benzene rings is 1. The maximum absolute atomic E-state index is 13.4. The van der Waals surface area contributed by atoms with Gasteiger partial charge in [-0.05, 0) is 45.6 Å². The molecule has 0 spiro atoms. The van der Waals surface area contributed by atoms with Gasteiger partial charge in [-0.3, -0.25) is 4.79 Å². The van der Waals surface area contributed by atoms with Crippen LogP contribution in [0.15, 0.2) is 29.2 Å². The van der Waals surface area contributed by atoms with Crippen molar-refractivity contribution in [2.75, 3.05) is 47.4 Å². The van der Waals surface area contributed by atoms with Crippen LogP contribution in [-0.2, 0) is 14.8 Å². The molecule has 1 aromatic carbocycles. The van der Waals surface area contributed by atoms with Gasteiger partial charge in [0.1, 0.15) is 16.7 Å². The van der Waals surface area contributed by atoms with Gasteiger partial charge in [-0.15, -0.1) is 0 Å². The van der Waals surface area contributed by atoms with E-state index in [-0.39, 0.29) is 42.2 Å². The topological polar surface area (TPSA) is 90.4 Å². The second-order valence-corrected chi connectivity index (χ2v) is 10.3. The molecular weight excluding hydrogens is 418 g/mol. The molecule has 0 bridgehead atoms. The number of ether oxygens (including phenoxy) is 1. The Morgan fingerprint density at radius 3 is 2.61 bits per heavy atom. The van der Waals surface area contributed by atoms with Crippen molar-refractivity contribution >= 4 is 22.0 Å². The van der Waals surface area contributed by atoms with Crippen molar-refractivity contribution in [3.63, 3.8) is 0 Å². The second kappa shape index (κ2) is 10.6. The molecular formula is C22H35N3O5S. The minimum absolute atomic E-state index is 0.0426. The number of likely N-dealkylation sites (N-methyl/N-ethyl adjacent to an activating group) is 2. The van der Waals surface area contributed by atoms with E-state index in [9.17, 15) is 18.3 Å². The average Bonchev–Trinajstić information content (AvgIpc) is 2.69. The van der Waals surface area contributed by atoms with Gasteiger partial charge in [0, 0.05) is 25.6 Å². The first-order chi connectivity index (χ1) is 14.5. The first-order valence-electron chi connectivity index (χ1n) is 10.5. The normalized spacial score (nSPS) is 22.5. The van der Waals surface area contributed by atoms with Gasteiger partial charge in [-0.25, -0.2) is 8.42 Å². The number of hydrogen-bond acceptors (Lipinski definition) is 6. The van der Waals surface area contributed by atoms with E-state index in [4.69, 9.17) is 4.74 Å². The van der Waals surface area contributed by atoms with Crippen LogP contribution >= 0.6 is 0 Å². The summed E-state index contributed by atoms with van der Waals surface area (Å²) in [6.45, 7) is 5.97. The van der Waals surface area contributed by atoms with Crippen molar-refractivity contribution in [1.82, 2.24) is 14.1 Å². The van der Waals surface area contributed by atoms with Gasteiger partial charge in [-0.1, -0.05) is 25.1 Å². The molecule has 0 fully saturated rings. The molecule has 174 valence electrons. The van der Waals surface area contributed by atoms with E-state index in [1.807, 2.05) is 40.1 Å². The molecule has 0 radical (unpaired) electrons. The van der Waals surface area contributed by atoms with E-state index in [2.05, 4.69) is 0 Å². The number of carbonyl (C=O) groups is 1. The van der Waals surface area contributed by atoms with Crippen molar-refractivity contribution < 1.29 is 23.1 Å². The quantitative estimate of drug-likeness (QED) is 0.673. The lowest BCUT2D eigenvalue weighted by Gasteiger charge is -2.37. The van der Waals surface area contributed by atoms with Crippen LogP contribution in [0.5, 0.6) is 5.75 Å². The summed E-state index contributed by atoms with van der Waals surface area (Å²) in [5, 5.41) is 9.69. The molecule has 1 N–H and O–H groups in total. The van der Waals surface area contributed by atoms with Crippen LogP contribution in [-0.4, -0.2) is 93.1 Å². The third kappa shape index (κ3) is 6.06. The number of rotatable bonds is 7. The Labute approximate surface area is 186 Å². The van der Waals surface area contributed by atoms with E-state index < -0.39 is 22.2 Å². The van der Waals surface area contributed by atoms with Crippen LogP contribution < -0.4 is 4.74 Å². The highest BCUT2D eigenvalue weighted by Crippen LogP contribution is 2.34. The second-order valence-electron chi connectivity index (χ2n) is 8.46. The Morgan fingerprint density at radius 2 is 2.03 bits per heavy atom. The molecule has 31 heavy (non-hydrogen) atoms. The number of fused-ring (bicyclic) bond motifs is 1. The highest BCUT2D eigenvalue weighted by atomic mass is 32.2. The molecule has 0 aliphatic carbocycles. The Morgan fingerprint density at radius 1 is 1.35 bits per heavy atom. The zero-order chi connectivity index (χ0) is 23.3. The largest absolute Gasteiger partial charge is 0.487 e. The van der Waals surface area contributed by atoms with Crippen molar-refractivity contribution in [2.24, 2.45) is 5.92 Å². The molecule has 1 amide bonds. The molecule has 0 saturated heterocycles. The van der Waals surface area contributed by atoms with Crippen LogP contribution in [0.1, 0.15) is 26.3 Å². The van der Waals surface area contributed by atoms with Gasteiger partial charge >= 0.3 is 0 Å². The highest BCUT2D eigenvalue weighted by molar-refractivity contribution is 7.89. The fraction of sp³-hybridized carbons (Fsp3) is 0.591. The number of allylic oxidation sites excluding steroid dienone is 1. The summed E-state index contributed by atoms with van der Waals surface area (Å²) in [6, 6.07) is 4.41. The van der Waals surface area contributed by atoms with Crippen LogP contribution in [0, 0.1) is 5.92 Å². The first-order valence-corrected chi connectivity index (χ1v) is 11.9. The van der Waals surface area contributed by atoms with Crippen molar-refractivity contribution in [2.45, 2.75) is 37.8 Å². The summed E-state index contributed by atoms with van der Waals surface area (Å²) >= 11 is 0. The fourth-order valence-electron chi connectivity index (χ4n) is 3.52. The highest BCUT2D eigenvalue weighted by Gasteiger charge is 2.38. The summed E-state index contributed by atoms with van der Waals surface area (Å²) in [4.78, 5) is 16.0. The van der Waals surface area contributed by atoms with E-state index in [1.54, 1.807) is 42.0 Å². The number of carbonyl (C=O) groups excluding carboxylic acids is 1. The van der Waals surface area contributed by atoms with E-state index in [0.29, 0.717) is 6.54 Å². The van der Waals surface area contributed by atoms with Crippen molar-refractivity contribution in [3.8, 4) is 5.75 Å². The molecule has 2 rings (SSSR count). The van der Waals surface area contributed by atoms with Gasteiger partial charge in [0.15, 0.2) is 0 Å². The van der Waals surface area contributed by atoms with Crippen LogP contribution in [0.25, 0.3) is 6.08 Å². The Kier molecular flexibility index (Phi) is 8.65.